The molecule has 1 heterocycles. The number of carbonyl (C=O) groups is 1. The molecule has 1 aromatic rings. The molecular formula is C13H12ClF3N2OS. The van der Waals surface area contributed by atoms with Crippen molar-refractivity contribution in [3.05, 3.63) is 29.3 Å². The number of hydrogen-bond acceptors (Lipinski definition) is 3. The molecule has 0 saturated carbocycles. The first kappa shape index (κ1) is 16.2. The Morgan fingerprint density at radius 3 is 2.48 bits per heavy atom. The highest BCUT2D eigenvalue weighted by Crippen LogP contribution is 2.47. The van der Waals surface area contributed by atoms with Crippen molar-refractivity contribution in [2.75, 3.05) is 11.4 Å². The Hall–Kier alpha value is -1.21. The first-order chi connectivity index (χ1) is 9.70. The summed E-state index contributed by atoms with van der Waals surface area (Å²) < 4.78 is 36.6. The maximum absolute atomic E-state index is 13.1. The summed E-state index contributed by atoms with van der Waals surface area (Å²) in [5.74, 6) is -1.19. The van der Waals surface area contributed by atoms with Crippen molar-refractivity contribution in [3.63, 3.8) is 0 Å². The number of carbonyl (C=O) groups excluding carboxylic acids is 1. The number of thioether (sulfide) groups is 1. The summed E-state index contributed by atoms with van der Waals surface area (Å²) in [4.78, 5) is 16.8. The number of anilines is 1. The average molecular weight is 337 g/mol. The van der Waals surface area contributed by atoms with Gasteiger partial charge in [-0.05, 0) is 26.0 Å². The molecule has 0 bridgehead atoms. The van der Waals surface area contributed by atoms with Crippen LogP contribution in [-0.2, 0) is 4.79 Å². The number of amides is 1. The SMILES string of the molecule is CCN(C1=NC(=O)C(C)(C(F)(F)F)S1)c1ccccc1Cl. The summed E-state index contributed by atoms with van der Waals surface area (Å²) in [5, 5.41) is 0.395. The standard InChI is InChI=1S/C13H12ClF3N2OS/c1-3-19(9-7-5-4-6-8(9)14)11-18-10(20)12(2,21-11)13(15,16)17/h4-7H,3H2,1-2H3. The minimum absolute atomic E-state index is 0.00965. The van der Waals surface area contributed by atoms with Gasteiger partial charge in [0.2, 0.25) is 0 Å². The first-order valence-corrected chi connectivity index (χ1v) is 7.31. The summed E-state index contributed by atoms with van der Waals surface area (Å²) in [5.41, 5.74) is 0.521. The van der Waals surface area contributed by atoms with E-state index in [1.807, 2.05) is 0 Å². The van der Waals surface area contributed by atoms with Crippen molar-refractivity contribution in [2.24, 2.45) is 4.99 Å². The summed E-state index contributed by atoms with van der Waals surface area (Å²) in [6.07, 6.45) is -4.67. The van der Waals surface area contributed by atoms with E-state index in [4.69, 9.17) is 11.6 Å². The fourth-order valence-corrected chi connectivity index (χ4v) is 3.13. The molecule has 0 saturated heterocycles. The van der Waals surface area contributed by atoms with E-state index in [-0.39, 0.29) is 5.17 Å². The molecule has 114 valence electrons. The van der Waals surface area contributed by atoms with Gasteiger partial charge in [-0.15, -0.1) is 0 Å². The van der Waals surface area contributed by atoms with Gasteiger partial charge in [-0.1, -0.05) is 35.5 Å². The molecule has 0 aromatic heterocycles. The zero-order valence-electron chi connectivity index (χ0n) is 11.2. The molecule has 0 spiro atoms. The lowest BCUT2D eigenvalue weighted by Crippen LogP contribution is -2.44. The third-order valence-electron chi connectivity index (χ3n) is 3.13. The molecule has 1 atom stereocenters. The minimum atomic E-state index is -4.67. The number of para-hydroxylation sites is 1. The highest BCUT2D eigenvalue weighted by molar-refractivity contribution is 8.16. The number of nitrogens with zero attached hydrogens (tertiary/aromatic N) is 2. The Bertz CT molecular complexity index is 605. The topological polar surface area (TPSA) is 32.7 Å². The molecule has 2 rings (SSSR count). The average Bonchev–Trinajstić information content (AvgIpc) is 2.69. The summed E-state index contributed by atoms with van der Waals surface area (Å²) in [6.45, 7) is 2.94. The summed E-state index contributed by atoms with van der Waals surface area (Å²) >= 11 is 6.47. The van der Waals surface area contributed by atoms with Crippen LogP contribution in [-0.4, -0.2) is 28.5 Å². The van der Waals surface area contributed by atoms with E-state index in [9.17, 15) is 18.0 Å². The van der Waals surface area contributed by atoms with Crippen LogP contribution >= 0.6 is 23.4 Å². The highest BCUT2D eigenvalue weighted by Gasteiger charge is 2.61. The monoisotopic (exact) mass is 336 g/mol. The highest BCUT2D eigenvalue weighted by atomic mass is 35.5. The van der Waals surface area contributed by atoms with Crippen LogP contribution in [0.3, 0.4) is 0 Å². The number of hydrogen-bond donors (Lipinski definition) is 0. The Labute approximate surface area is 129 Å². The third-order valence-corrected chi connectivity index (χ3v) is 4.76. The maximum Gasteiger partial charge on any atom is 0.412 e. The van der Waals surface area contributed by atoms with Crippen LogP contribution in [0.1, 0.15) is 13.8 Å². The van der Waals surface area contributed by atoms with E-state index < -0.39 is 16.8 Å². The van der Waals surface area contributed by atoms with Crippen molar-refractivity contribution < 1.29 is 18.0 Å². The van der Waals surface area contributed by atoms with E-state index in [1.165, 1.54) is 4.90 Å². The van der Waals surface area contributed by atoms with Gasteiger partial charge in [0.15, 0.2) is 9.91 Å². The van der Waals surface area contributed by atoms with Crippen molar-refractivity contribution in [1.82, 2.24) is 0 Å². The molecule has 0 fully saturated rings. The van der Waals surface area contributed by atoms with Gasteiger partial charge < -0.3 is 4.90 Å². The lowest BCUT2D eigenvalue weighted by Gasteiger charge is -2.27. The van der Waals surface area contributed by atoms with Crippen LogP contribution in [0.15, 0.2) is 29.3 Å². The number of halogens is 4. The second-order valence-corrected chi connectivity index (χ2v) is 6.32. The molecule has 1 aliphatic heterocycles. The van der Waals surface area contributed by atoms with Crippen LogP contribution in [0.25, 0.3) is 0 Å². The van der Waals surface area contributed by atoms with Crippen molar-refractivity contribution in [3.8, 4) is 0 Å². The van der Waals surface area contributed by atoms with Crippen molar-refractivity contribution in [2.45, 2.75) is 24.8 Å². The Kier molecular flexibility index (Phi) is 4.26. The molecule has 1 aromatic carbocycles. The molecule has 0 aliphatic carbocycles. The van der Waals surface area contributed by atoms with Gasteiger partial charge in [-0.3, -0.25) is 4.79 Å². The summed E-state index contributed by atoms with van der Waals surface area (Å²) in [7, 11) is 0. The predicted molar refractivity (Wildman–Crippen MR) is 79.0 cm³/mol. The van der Waals surface area contributed by atoms with Crippen LogP contribution in [0.5, 0.6) is 0 Å². The lowest BCUT2D eigenvalue weighted by molar-refractivity contribution is -0.165. The molecule has 8 heteroatoms. The first-order valence-electron chi connectivity index (χ1n) is 6.11. The number of rotatable bonds is 2. The Balaban J connectivity index is 2.37. The van der Waals surface area contributed by atoms with Crippen LogP contribution < -0.4 is 4.90 Å². The molecule has 0 radical (unpaired) electrons. The van der Waals surface area contributed by atoms with Crippen molar-refractivity contribution in [1.29, 1.82) is 0 Å². The molecule has 0 N–H and O–H groups in total. The molecule has 21 heavy (non-hydrogen) atoms. The molecule has 3 nitrogen and oxygen atoms in total. The van der Waals surface area contributed by atoms with Gasteiger partial charge >= 0.3 is 6.18 Å². The smallest absolute Gasteiger partial charge is 0.320 e. The van der Waals surface area contributed by atoms with Crippen LogP contribution in [0.2, 0.25) is 5.02 Å². The third kappa shape index (κ3) is 2.76. The van der Waals surface area contributed by atoms with Gasteiger partial charge in [0, 0.05) is 6.54 Å². The van der Waals surface area contributed by atoms with Gasteiger partial charge in [0.25, 0.3) is 5.91 Å². The zero-order chi connectivity index (χ0) is 15.8. The van der Waals surface area contributed by atoms with Crippen molar-refractivity contribution >= 4 is 40.1 Å². The Morgan fingerprint density at radius 2 is 2.00 bits per heavy atom. The summed E-state index contributed by atoms with van der Waals surface area (Å²) in [6, 6.07) is 6.73. The van der Waals surface area contributed by atoms with E-state index in [0.29, 0.717) is 29.0 Å². The van der Waals surface area contributed by atoms with Gasteiger partial charge in [0.1, 0.15) is 0 Å². The van der Waals surface area contributed by atoms with Crippen LogP contribution in [0.4, 0.5) is 18.9 Å². The quantitative estimate of drug-likeness (QED) is 0.814. The second kappa shape index (κ2) is 5.53. The fourth-order valence-electron chi connectivity index (χ4n) is 1.82. The van der Waals surface area contributed by atoms with Gasteiger partial charge in [0.05, 0.1) is 10.7 Å². The van der Waals surface area contributed by atoms with Crippen LogP contribution in [0, 0.1) is 0 Å². The molecule has 1 aliphatic rings. The fraction of sp³-hybridized carbons (Fsp3) is 0.385. The largest absolute Gasteiger partial charge is 0.412 e. The van der Waals surface area contributed by atoms with Gasteiger partial charge in [-0.2, -0.15) is 18.2 Å². The molecule has 1 unspecified atom stereocenters. The number of aliphatic imine (C=N–C) groups is 1. The normalized spacial score (nSPS) is 22.4. The second-order valence-electron chi connectivity index (χ2n) is 4.53. The van der Waals surface area contributed by atoms with E-state index in [1.54, 1.807) is 31.2 Å². The number of benzene rings is 1. The van der Waals surface area contributed by atoms with E-state index in [2.05, 4.69) is 4.99 Å². The molecule has 1 amide bonds. The zero-order valence-corrected chi connectivity index (χ0v) is 12.8. The maximum atomic E-state index is 13.1. The minimum Gasteiger partial charge on any atom is -0.320 e. The van der Waals surface area contributed by atoms with E-state index >= 15 is 0 Å². The lowest BCUT2D eigenvalue weighted by atomic mass is 10.1. The molecular weight excluding hydrogens is 325 g/mol. The van der Waals surface area contributed by atoms with Gasteiger partial charge in [-0.25, -0.2) is 0 Å². The number of amidine groups is 1. The Morgan fingerprint density at radius 1 is 1.38 bits per heavy atom. The predicted octanol–water partition coefficient (Wildman–Crippen LogP) is 4.12. The van der Waals surface area contributed by atoms with E-state index in [0.717, 1.165) is 6.92 Å². The number of alkyl halides is 3.